The van der Waals surface area contributed by atoms with E-state index in [0.717, 1.165) is 27.5 Å². The summed E-state index contributed by atoms with van der Waals surface area (Å²) in [6.45, 7) is 12.1. The van der Waals surface area contributed by atoms with E-state index in [1.165, 1.54) is 11.8 Å². The molecule has 0 fully saturated rings. The van der Waals surface area contributed by atoms with E-state index in [1.54, 1.807) is 13.8 Å². The summed E-state index contributed by atoms with van der Waals surface area (Å²) in [7, 11) is 0. The van der Waals surface area contributed by atoms with Crippen LogP contribution in [-0.2, 0) is 16.1 Å². The Morgan fingerprint density at radius 1 is 1.20 bits per heavy atom. The molecule has 9 nitrogen and oxygen atoms in total. The van der Waals surface area contributed by atoms with Crippen LogP contribution in [0, 0.1) is 20.8 Å². The molecule has 0 aliphatic rings. The summed E-state index contributed by atoms with van der Waals surface area (Å²) < 4.78 is 13.0. The zero-order chi connectivity index (χ0) is 25.7. The number of carbonyl (C=O) groups is 2. The first-order chi connectivity index (χ1) is 16.6. The number of benzene rings is 1. The third kappa shape index (κ3) is 6.53. The lowest BCUT2D eigenvalue weighted by atomic mass is 10.1. The monoisotopic (exact) mass is 537 g/mol. The Balaban J connectivity index is 1.64. The highest BCUT2D eigenvalue weighted by atomic mass is 35.5. The number of amides is 1. The Hall–Kier alpha value is -2.63. The lowest BCUT2D eigenvalue weighted by Gasteiger charge is -2.17. The number of aryl methyl sites for hydroxylation is 3. The number of nitrogens with zero attached hydrogens (tertiary/aromatic N) is 4. The molecule has 3 aromatic rings. The molecule has 1 N–H and O–H groups in total. The molecule has 2 aromatic heterocycles. The number of ether oxygens (including phenoxy) is 2. The molecular weight excluding hydrogens is 510 g/mol. The summed E-state index contributed by atoms with van der Waals surface area (Å²) in [5.74, 6) is 0.771. The van der Waals surface area contributed by atoms with Crippen molar-refractivity contribution in [2.45, 2.75) is 59.3 Å². The maximum absolute atomic E-state index is 12.5. The third-order valence-electron chi connectivity index (χ3n) is 4.98. The molecule has 2 heterocycles. The van der Waals surface area contributed by atoms with Crippen molar-refractivity contribution < 1.29 is 19.1 Å². The average Bonchev–Trinajstić information content (AvgIpc) is 3.38. The van der Waals surface area contributed by atoms with Crippen molar-refractivity contribution in [3.63, 3.8) is 0 Å². The number of halogens is 1. The Labute approximate surface area is 217 Å². The molecule has 0 aliphatic heterocycles. The Bertz CT molecular complexity index is 1200. The van der Waals surface area contributed by atoms with Crippen molar-refractivity contribution in [3.8, 4) is 5.75 Å². The molecule has 35 heavy (non-hydrogen) atoms. The van der Waals surface area contributed by atoms with E-state index in [4.69, 9.17) is 21.1 Å². The molecule has 1 unspecified atom stereocenters. The number of esters is 1. The summed E-state index contributed by atoms with van der Waals surface area (Å²) >= 11 is 8.62. The van der Waals surface area contributed by atoms with Crippen molar-refractivity contribution in [2.24, 2.45) is 0 Å². The molecule has 0 saturated heterocycles. The quantitative estimate of drug-likeness (QED) is 0.271. The number of anilines is 1. The lowest BCUT2D eigenvalue weighted by Crippen LogP contribution is -2.15. The summed E-state index contributed by atoms with van der Waals surface area (Å²) in [6.07, 6.45) is -0.356. The topological polar surface area (TPSA) is 108 Å². The number of aromatic nitrogens is 4. The van der Waals surface area contributed by atoms with Gasteiger partial charge in [-0.2, -0.15) is 0 Å². The van der Waals surface area contributed by atoms with Gasteiger partial charge in [0, 0.05) is 11.6 Å². The predicted octanol–water partition coefficient (Wildman–Crippen LogP) is 5.38. The fraction of sp³-hybridized carbons (Fsp3) is 0.435. The van der Waals surface area contributed by atoms with E-state index in [1.807, 2.05) is 44.4 Å². The number of rotatable bonds is 10. The molecule has 1 atom stereocenters. The second-order valence-electron chi connectivity index (χ2n) is 7.71. The molecule has 1 amide bonds. The summed E-state index contributed by atoms with van der Waals surface area (Å²) in [5.41, 5.74) is 2.41. The van der Waals surface area contributed by atoms with E-state index >= 15 is 0 Å². The second-order valence-corrected chi connectivity index (χ2v) is 10.0. The van der Waals surface area contributed by atoms with Crippen LogP contribution in [0.5, 0.6) is 5.75 Å². The SMILES string of the molecule is CCOC(=O)c1sc(NC(=O)CSc2nnc(C(C)Oc3cc(C)c(Cl)c(C)c3)n2CC)nc1C. The van der Waals surface area contributed by atoms with Crippen LogP contribution in [0.1, 0.15) is 59.2 Å². The normalized spacial score (nSPS) is 11.9. The van der Waals surface area contributed by atoms with Crippen molar-refractivity contribution >= 4 is 51.7 Å². The van der Waals surface area contributed by atoms with Crippen molar-refractivity contribution in [2.75, 3.05) is 17.7 Å². The Kier molecular flexibility index (Phi) is 9.15. The maximum atomic E-state index is 12.5. The Morgan fingerprint density at radius 3 is 2.51 bits per heavy atom. The molecular formula is C23H28ClN5O4S2. The van der Waals surface area contributed by atoms with Gasteiger partial charge >= 0.3 is 5.97 Å². The van der Waals surface area contributed by atoms with E-state index in [-0.39, 0.29) is 24.4 Å². The fourth-order valence-corrected chi connectivity index (χ4v) is 5.15. The van der Waals surface area contributed by atoms with Gasteiger partial charge in [-0.25, -0.2) is 9.78 Å². The largest absolute Gasteiger partial charge is 0.483 e. The molecule has 0 bridgehead atoms. The Morgan fingerprint density at radius 2 is 1.89 bits per heavy atom. The number of thioether (sulfide) groups is 1. The summed E-state index contributed by atoms with van der Waals surface area (Å²) in [4.78, 5) is 29.1. The average molecular weight is 538 g/mol. The number of nitrogens with one attached hydrogen (secondary N) is 1. The zero-order valence-corrected chi connectivity index (χ0v) is 22.9. The van der Waals surface area contributed by atoms with Gasteiger partial charge in [0.15, 0.2) is 22.2 Å². The first-order valence-corrected chi connectivity index (χ1v) is 13.3. The van der Waals surface area contributed by atoms with Crippen LogP contribution < -0.4 is 10.1 Å². The van der Waals surface area contributed by atoms with E-state index in [9.17, 15) is 9.59 Å². The first-order valence-electron chi connectivity index (χ1n) is 11.1. The van der Waals surface area contributed by atoms with Crippen LogP contribution in [0.15, 0.2) is 17.3 Å². The summed E-state index contributed by atoms with van der Waals surface area (Å²) in [6, 6.07) is 3.79. The maximum Gasteiger partial charge on any atom is 0.350 e. The van der Waals surface area contributed by atoms with Gasteiger partial charge in [-0.1, -0.05) is 34.7 Å². The van der Waals surface area contributed by atoms with Crippen LogP contribution in [0.25, 0.3) is 0 Å². The highest BCUT2D eigenvalue weighted by Crippen LogP contribution is 2.30. The second kappa shape index (κ2) is 11.9. The lowest BCUT2D eigenvalue weighted by molar-refractivity contribution is -0.113. The highest BCUT2D eigenvalue weighted by molar-refractivity contribution is 7.99. The molecule has 0 saturated carbocycles. The molecule has 0 spiro atoms. The van der Waals surface area contributed by atoms with E-state index < -0.39 is 5.97 Å². The number of carbonyl (C=O) groups excluding carboxylic acids is 2. The number of hydrogen-bond acceptors (Lipinski definition) is 9. The van der Waals surface area contributed by atoms with Gasteiger partial charge in [0.1, 0.15) is 10.6 Å². The van der Waals surface area contributed by atoms with Crippen molar-refractivity contribution in [3.05, 3.63) is 44.7 Å². The van der Waals surface area contributed by atoms with Gasteiger partial charge < -0.3 is 19.4 Å². The minimum atomic E-state index is -0.443. The van der Waals surface area contributed by atoms with Gasteiger partial charge in [-0.3, -0.25) is 4.79 Å². The van der Waals surface area contributed by atoms with Gasteiger partial charge in [-0.15, -0.1) is 10.2 Å². The number of hydrogen-bond donors (Lipinski definition) is 1. The third-order valence-corrected chi connectivity index (χ3v) is 7.60. The predicted molar refractivity (Wildman–Crippen MR) is 138 cm³/mol. The molecule has 12 heteroatoms. The van der Waals surface area contributed by atoms with E-state index in [2.05, 4.69) is 20.5 Å². The van der Waals surface area contributed by atoms with Crippen LogP contribution in [-0.4, -0.2) is 44.0 Å². The smallest absolute Gasteiger partial charge is 0.350 e. The van der Waals surface area contributed by atoms with Gasteiger partial charge in [-0.05, 0) is 64.8 Å². The van der Waals surface area contributed by atoms with Crippen molar-refractivity contribution in [1.29, 1.82) is 0 Å². The van der Waals surface area contributed by atoms with Crippen LogP contribution in [0.3, 0.4) is 0 Å². The van der Waals surface area contributed by atoms with Gasteiger partial charge in [0.2, 0.25) is 5.91 Å². The van der Waals surface area contributed by atoms with Crippen LogP contribution >= 0.6 is 34.7 Å². The highest BCUT2D eigenvalue weighted by Gasteiger charge is 2.21. The van der Waals surface area contributed by atoms with Crippen LogP contribution in [0.4, 0.5) is 5.13 Å². The summed E-state index contributed by atoms with van der Waals surface area (Å²) in [5, 5.41) is 13.0. The zero-order valence-electron chi connectivity index (χ0n) is 20.5. The van der Waals surface area contributed by atoms with Gasteiger partial charge in [0.25, 0.3) is 0 Å². The molecule has 3 rings (SSSR count). The standard InChI is InChI=1S/C23H28ClN5O4S2/c1-7-29-20(15(6)33-16-9-12(3)18(24)13(4)10-16)27-28-23(29)34-11-17(30)26-22-25-14(5)19(35-22)21(31)32-8-2/h9-10,15H,7-8,11H2,1-6H3,(H,25,26,30). The minimum absolute atomic E-state index is 0.107. The van der Waals surface area contributed by atoms with E-state index in [0.29, 0.717) is 39.0 Å². The van der Waals surface area contributed by atoms with Crippen molar-refractivity contribution in [1.82, 2.24) is 19.7 Å². The van der Waals surface area contributed by atoms with Crippen LogP contribution in [0.2, 0.25) is 5.02 Å². The molecule has 188 valence electrons. The first kappa shape index (κ1) is 27.0. The molecule has 0 aliphatic carbocycles. The fourth-order valence-electron chi connectivity index (χ4n) is 3.36. The van der Waals surface area contributed by atoms with Gasteiger partial charge in [0.05, 0.1) is 18.1 Å². The molecule has 0 radical (unpaired) electrons. The minimum Gasteiger partial charge on any atom is -0.483 e. The molecule has 1 aromatic carbocycles. The number of thiazole rings is 1.